The lowest BCUT2D eigenvalue weighted by Gasteiger charge is -2.16. The van der Waals surface area contributed by atoms with Crippen LogP contribution in [0.4, 0.5) is 5.82 Å². The summed E-state index contributed by atoms with van der Waals surface area (Å²) in [7, 11) is 3.80. The topological polar surface area (TPSA) is 84.6 Å². The molecule has 1 unspecified atom stereocenters. The van der Waals surface area contributed by atoms with E-state index in [9.17, 15) is 4.79 Å². The number of hydrogen-bond acceptors (Lipinski definition) is 7. The molecule has 1 atom stereocenters. The Morgan fingerprint density at radius 3 is 2.83 bits per heavy atom. The van der Waals surface area contributed by atoms with E-state index < -0.39 is 0 Å². The van der Waals surface area contributed by atoms with Gasteiger partial charge < -0.3 is 19.1 Å². The molecular weight excluding hydrogens is 298 g/mol. The summed E-state index contributed by atoms with van der Waals surface area (Å²) >= 11 is 0. The molecule has 0 bridgehead atoms. The molecule has 0 saturated carbocycles. The van der Waals surface area contributed by atoms with E-state index in [1.165, 1.54) is 6.20 Å². The van der Waals surface area contributed by atoms with Crippen molar-refractivity contribution in [2.24, 2.45) is 0 Å². The first-order chi connectivity index (χ1) is 11.0. The van der Waals surface area contributed by atoms with Gasteiger partial charge in [0.1, 0.15) is 17.4 Å². The van der Waals surface area contributed by atoms with Gasteiger partial charge in [0.15, 0.2) is 5.82 Å². The second-order valence-electron chi connectivity index (χ2n) is 5.70. The minimum absolute atomic E-state index is 0.0797. The van der Waals surface area contributed by atoms with Crippen LogP contribution in [0, 0.1) is 6.92 Å². The highest BCUT2D eigenvalue weighted by atomic mass is 16.5. The van der Waals surface area contributed by atoms with Gasteiger partial charge in [-0.25, -0.2) is 0 Å². The molecular formula is C15H19N5O3. The second kappa shape index (κ2) is 6.23. The van der Waals surface area contributed by atoms with Crippen molar-refractivity contribution in [3.05, 3.63) is 29.7 Å². The fraction of sp³-hybridized carbons (Fsp3) is 0.467. The lowest BCUT2D eigenvalue weighted by atomic mass is 10.2. The summed E-state index contributed by atoms with van der Waals surface area (Å²) in [5.74, 6) is 1.69. The van der Waals surface area contributed by atoms with Crippen molar-refractivity contribution in [3.8, 4) is 5.88 Å². The van der Waals surface area contributed by atoms with Crippen molar-refractivity contribution in [3.63, 3.8) is 0 Å². The van der Waals surface area contributed by atoms with Crippen molar-refractivity contribution in [2.45, 2.75) is 19.4 Å². The number of amides is 1. The number of likely N-dealkylation sites (tertiary alicyclic amines) is 1. The predicted octanol–water partition coefficient (Wildman–Crippen LogP) is 1.13. The molecule has 8 nitrogen and oxygen atoms in total. The summed E-state index contributed by atoms with van der Waals surface area (Å²) in [5.41, 5.74) is 0.501. The quantitative estimate of drug-likeness (QED) is 0.835. The average molecular weight is 317 g/mol. The smallest absolute Gasteiger partial charge is 0.259 e. The molecule has 0 aliphatic carbocycles. The van der Waals surface area contributed by atoms with E-state index in [-0.39, 0.29) is 12.0 Å². The summed E-state index contributed by atoms with van der Waals surface area (Å²) in [5, 5.41) is 11.8. The molecule has 1 amide bonds. The Bertz CT molecular complexity index is 683. The van der Waals surface area contributed by atoms with Crippen molar-refractivity contribution in [1.29, 1.82) is 0 Å². The number of carbonyl (C=O) groups is 1. The third kappa shape index (κ3) is 3.25. The highest BCUT2D eigenvalue weighted by Gasteiger charge is 2.30. The second-order valence-corrected chi connectivity index (χ2v) is 5.70. The average Bonchev–Trinajstić information content (AvgIpc) is 3.16. The van der Waals surface area contributed by atoms with E-state index in [0.717, 1.165) is 12.2 Å². The maximum Gasteiger partial charge on any atom is 0.259 e. The van der Waals surface area contributed by atoms with Gasteiger partial charge in [-0.3, -0.25) is 4.79 Å². The van der Waals surface area contributed by atoms with Crippen LogP contribution in [0.15, 0.2) is 22.9 Å². The molecule has 2 aromatic rings. The maximum absolute atomic E-state index is 12.4. The Hall–Kier alpha value is -2.64. The first-order valence-electron chi connectivity index (χ1n) is 7.43. The van der Waals surface area contributed by atoms with Crippen LogP contribution in [0.1, 0.15) is 22.5 Å². The minimum atomic E-state index is -0.0846. The SMILES string of the molecule is Cc1oncc1C(=O)N1CCC(Oc2ccc(N(C)C)nn2)C1. The van der Waals surface area contributed by atoms with Gasteiger partial charge in [0.25, 0.3) is 5.91 Å². The van der Waals surface area contributed by atoms with Gasteiger partial charge in [-0.1, -0.05) is 5.16 Å². The molecule has 1 aliphatic rings. The zero-order chi connectivity index (χ0) is 16.4. The molecule has 23 heavy (non-hydrogen) atoms. The van der Waals surface area contributed by atoms with E-state index >= 15 is 0 Å². The molecule has 3 rings (SSSR count). The summed E-state index contributed by atoms with van der Waals surface area (Å²) in [6.07, 6.45) is 2.13. The van der Waals surface area contributed by atoms with Crippen LogP contribution >= 0.6 is 0 Å². The zero-order valence-corrected chi connectivity index (χ0v) is 13.4. The number of carbonyl (C=O) groups excluding carboxylic acids is 1. The summed E-state index contributed by atoms with van der Waals surface area (Å²) in [4.78, 5) is 16.0. The molecule has 0 N–H and O–H groups in total. The van der Waals surface area contributed by atoms with Gasteiger partial charge in [-0.15, -0.1) is 10.2 Å². The molecule has 2 aromatic heterocycles. The molecule has 0 aromatic carbocycles. The van der Waals surface area contributed by atoms with Crippen molar-refractivity contribution >= 4 is 11.7 Å². The Labute approximate surface area is 134 Å². The van der Waals surface area contributed by atoms with E-state index in [1.54, 1.807) is 17.9 Å². The third-order valence-electron chi connectivity index (χ3n) is 3.78. The number of aromatic nitrogens is 3. The minimum Gasteiger partial charge on any atom is -0.471 e. The fourth-order valence-corrected chi connectivity index (χ4v) is 2.47. The number of aryl methyl sites for hydroxylation is 1. The highest BCUT2D eigenvalue weighted by Crippen LogP contribution is 2.20. The summed E-state index contributed by atoms with van der Waals surface area (Å²) in [6, 6.07) is 3.64. The van der Waals surface area contributed by atoms with Crippen molar-refractivity contribution in [2.75, 3.05) is 32.1 Å². The van der Waals surface area contributed by atoms with Gasteiger partial charge in [-0.05, 0) is 13.0 Å². The Morgan fingerprint density at radius 1 is 1.39 bits per heavy atom. The van der Waals surface area contributed by atoms with Gasteiger partial charge in [0.2, 0.25) is 5.88 Å². The van der Waals surface area contributed by atoms with Crippen LogP contribution < -0.4 is 9.64 Å². The third-order valence-corrected chi connectivity index (χ3v) is 3.78. The molecule has 1 saturated heterocycles. The molecule has 1 fully saturated rings. The normalized spacial score (nSPS) is 17.3. The lowest BCUT2D eigenvalue weighted by molar-refractivity contribution is 0.0769. The zero-order valence-electron chi connectivity index (χ0n) is 13.4. The Balaban J connectivity index is 1.59. The molecule has 1 aliphatic heterocycles. The van der Waals surface area contributed by atoms with Gasteiger partial charge in [0, 0.05) is 33.1 Å². The first-order valence-corrected chi connectivity index (χ1v) is 7.43. The predicted molar refractivity (Wildman–Crippen MR) is 82.5 cm³/mol. The molecule has 8 heteroatoms. The van der Waals surface area contributed by atoms with Crippen LogP contribution in [0.2, 0.25) is 0 Å². The number of nitrogens with zero attached hydrogens (tertiary/aromatic N) is 5. The molecule has 0 radical (unpaired) electrons. The van der Waals surface area contributed by atoms with Crippen molar-refractivity contribution < 1.29 is 14.1 Å². The van der Waals surface area contributed by atoms with Gasteiger partial charge in [-0.2, -0.15) is 0 Å². The van der Waals surface area contributed by atoms with Gasteiger partial charge in [0.05, 0.1) is 12.7 Å². The van der Waals surface area contributed by atoms with E-state index in [2.05, 4.69) is 15.4 Å². The Kier molecular flexibility index (Phi) is 4.14. The van der Waals surface area contributed by atoms with E-state index in [1.807, 2.05) is 25.1 Å². The van der Waals surface area contributed by atoms with Crippen molar-refractivity contribution in [1.82, 2.24) is 20.3 Å². The molecule has 122 valence electrons. The van der Waals surface area contributed by atoms with Crippen LogP contribution in [-0.4, -0.2) is 59.4 Å². The number of hydrogen-bond donors (Lipinski definition) is 0. The standard InChI is InChI=1S/C15H19N5O3/c1-10-12(8-16-23-10)15(21)20-7-6-11(9-20)22-14-5-4-13(17-18-14)19(2)3/h4-5,8,11H,6-7,9H2,1-3H3. The number of ether oxygens (including phenoxy) is 1. The number of rotatable bonds is 4. The van der Waals surface area contributed by atoms with E-state index in [4.69, 9.17) is 9.26 Å². The monoisotopic (exact) mass is 317 g/mol. The molecule has 3 heterocycles. The number of anilines is 1. The van der Waals surface area contributed by atoms with Crippen LogP contribution in [-0.2, 0) is 0 Å². The maximum atomic E-state index is 12.4. The highest BCUT2D eigenvalue weighted by molar-refractivity contribution is 5.94. The largest absolute Gasteiger partial charge is 0.471 e. The lowest BCUT2D eigenvalue weighted by Crippen LogP contribution is -2.31. The first kappa shape index (κ1) is 15.3. The fourth-order valence-electron chi connectivity index (χ4n) is 2.47. The van der Waals surface area contributed by atoms with E-state index in [0.29, 0.717) is 30.3 Å². The van der Waals surface area contributed by atoms with Crippen LogP contribution in [0.3, 0.4) is 0 Å². The Morgan fingerprint density at radius 2 is 2.22 bits per heavy atom. The van der Waals surface area contributed by atoms with Gasteiger partial charge >= 0.3 is 0 Å². The summed E-state index contributed by atoms with van der Waals surface area (Å²) < 4.78 is 10.8. The molecule has 0 spiro atoms. The van der Waals surface area contributed by atoms with Crippen LogP contribution in [0.25, 0.3) is 0 Å². The van der Waals surface area contributed by atoms with Crippen LogP contribution in [0.5, 0.6) is 5.88 Å². The summed E-state index contributed by atoms with van der Waals surface area (Å²) in [6.45, 7) is 2.88.